The molecule has 0 saturated heterocycles. The molecule has 0 nitrogen and oxygen atoms in total. The Hall–Kier alpha value is 0.730. The summed E-state index contributed by atoms with van der Waals surface area (Å²) in [7, 11) is 0. The van der Waals surface area contributed by atoms with Crippen molar-refractivity contribution in [1.29, 1.82) is 0 Å². The molecule has 0 aliphatic rings. The number of alkyl halides is 5. The van der Waals surface area contributed by atoms with Gasteiger partial charge in [-0.15, -0.1) is 0 Å². The highest BCUT2D eigenvalue weighted by molar-refractivity contribution is 6.52. The summed E-state index contributed by atoms with van der Waals surface area (Å²) >= 11 is 14.6. The van der Waals surface area contributed by atoms with Crippen molar-refractivity contribution in [2.24, 2.45) is 0 Å². The predicted molar refractivity (Wildman–Crippen MR) is 31.2 cm³/mol. The van der Waals surface area contributed by atoms with Crippen LogP contribution in [0, 0.1) is 0 Å². The zero-order valence-corrected chi connectivity index (χ0v) is 5.94. The van der Waals surface area contributed by atoms with Crippen LogP contribution in [0.5, 0.6) is 0 Å². The zero-order valence-electron chi connectivity index (χ0n) is 3.67. The first-order chi connectivity index (χ1) is 3.50. The fraction of sp³-hybridized carbons (Fsp3) is 1.00. The van der Waals surface area contributed by atoms with Crippen LogP contribution in [-0.2, 0) is 0 Å². The highest BCUT2D eigenvalue weighted by Crippen LogP contribution is 2.30. The second kappa shape index (κ2) is 3.04. The third-order valence-corrected chi connectivity index (χ3v) is 1.68. The highest BCUT2D eigenvalue weighted by Gasteiger charge is 2.33. The molecule has 1 atom stereocenters. The molecule has 0 amide bonds. The molecular weight excluding hydrogens is 180 g/mol. The molecule has 1 unspecified atom stereocenters. The minimum Gasteiger partial charge on any atom is -0.248 e. The fourth-order valence-electron chi connectivity index (χ4n) is 0.0583. The lowest BCUT2D eigenvalue weighted by Gasteiger charge is -2.13. The van der Waals surface area contributed by atoms with Gasteiger partial charge in [-0.05, 0) is 0 Å². The van der Waals surface area contributed by atoms with E-state index in [1.165, 1.54) is 0 Å². The third kappa shape index (κ3) is 2.33. The van der Waals surface area contributed by atoms with Crippen molar-refractivity contribution < 1.29 is 8.78 Å². The second-order valence-corrected chi connectivity index (χ2v) is 3.12. The quantitative estimate of drug-likeness (QED) is 0.578. The van der Waals surface area contributed by atoms with E-state index < -0.39 is 16.6 Å². The highest BCUT2D eigenvalue weighted by atomic mass is 35.5. The maximum Gasteiger partial charge on any atom is 0.208 e. The fourth-order valence-corrected chi connectivity index (χ4v) is 0.117. The van der Waals surface area contributed by atoms with Crippen LogP contribution in [-0.4, -0.2) is 16.6 Å². The van der Waals surface area contributed by atoms with Crippen molar-refractivity contribution in [1.82, 2.24) is 0 Å². The monoisotopic (exact) mass is 182 g/mol. The Morgan fingerprint density at radius 2 is 1.88 bits per heavy atom. The normalized spacial score (nSPS) is 16.1. The number of halogens is 5. The maximum atomic E-state index is 11.7. The summed E-state index contributed by atoms with van der Waals surface area (Å²) in [5, 5.41) is 0. The van der Waals surface area contributed by atoms with Crippen molar-refractivity contribution >= 4 is 34.8 Å². The van der Waals surface area contributed by atoms with Crippen LogP contribution in [0.2, 0.25) is 0 Å². The Kier molecular flexibility index (Phi) is 3.32. The summed E-state index contributed by atoms with van der Waals surface area (Å²) < 4.78 is 21.1. The molecule has 0 aliphatic carbocycles. The minimum atomic E-state index is -2.08. The van der Waals surface area contributed by atoms with Gasteiger partial charge in [0.05, 0.1) is 0 Å². The molecule has 0 bridgehead atoms. The van der Waals surface area contributed by atoms with Gasteiger partial charge in [0.15, 0.2) is 4.33 Å². The number of hydrogen-bond donors (Lipinski definition) is 0. The van der Waals surface area contributed by atoms with E-state index in [-0.39, 0.29) is 0 Å². The lowest BCUT2D eigenvalue weighted by atomic mass is 10.5. The van der Waals surface area contributed by atoms with Gasteiger partial charge in [0.25, 0.3) is 0 Å². The summed E-state index contributed by atoms with van der Waals surface area (Å²) in [6, 6.07) is 0. The van der Waals surface area contributed by atoms with Gasteiger partial charge in [0.1, 0.15) is 6.67 Å². The summed E-state index contributed by atoms with van der Waals surface area (Å²) in [5.41, 5.74) is -2.06. The number of rotatable bonds is 2. The Bertz CT molecular complexity index is 72.9. The van der Waals surface area contributed by atoms with Crippen LogP contribution in [0.4, 0.5) is 8.78 Å². The first kappa shape index (κ1) is 8.73. The first-order valence-electron chi connectivity index (χ1n) is 1.72. The standard InChI is InChI=1S/C3H3Cl3F2/c4-2(8)3(5,6)1-7/h2H,1H2. The predicted octanol–water partition coefficient (Wildman–Crippen LogP) is 2.66. The molecular formula is C3H3Cl3F2. The van der Waals surface area contributed by atoms with Gasteiger partial charge < -0.3 is 0 Å². The molecule has 0 rings (SSSR count). The van der Waals surface area contributed by atoms with Gasteiger partial charge in [-0.3, -0.25) is 0 Å². The molecule has 0 heterocycles. The third-order valence-electron chi connectivity index (χ3n) is 0.497. The lowest BCUT2D eigenvalue weighted by molar-refractivity contribution is 0.345. The summed E-state index contributed by atoms with van der Waals surface area (Å²) in [6.07, 6.45) is 0. The second-order valence-electron chi connectivity index (χ2n) is 1.20. The van der Waals surface area contributed by atoms with Crippen LogP contribution >= 0.6 is 34.8 Å². The zero-order chi connectivity index (χ0) is 6.78. The van der Waals surface area contributed by atoms with Crippen LogP contribution in [0.15, 0.2) is 0 Å². The molecule has 0 aromatic carbocycles. The van der Waals surface area contributed by atoms with Crippen molar-refractivity contribution in [2.45, 2.75) is 9.96 Å². The van der Waals surface area contributed by atoms with E-state index in [0.717, 1.165) is 0 Å². The molecule has 0 spiro atoms. The smallest absolute Gasteiger partial charge is 0.208 e. The molecule has 0 saturated carbocycles. The van der Waals surface area contributed by atoms with E-state index in [1.807, 2.05) is 0 Å². The van der Waals surface area contributed by atoms with Crippen LogP contribution in [0.3, 0.4) is 0 Å². The molecule has 50 valence electrons. The summed E-state index contributed by atoms with van der Waals surface area (Å²) in [4.78, 5) is 0. The summed E-state index contributed by atoms with van der Waals surface area (Å²) in [6.45, 7) is -1.19. The molecule has 0 N–H and O–H groups in total. The van der Waals surface area contributed by atoms with E-state index in [4.69, 9.17) is 34.8 Å². The molecule has 0 aromatic heterocycles. The van der Waals surface area contributed by atoms with E-state index in [9.17, 15) is 8.78 Å². The Balaban J connectivity index is 3.71. The van der Waals surface area contributed by atoms with Gasteiger partial charge in [0, 0.05) is 0 Å². The average Bonchev–Trinajstić information content (AvgIpc) is 1.67. The largest absolute Gasteiger partial charge is 0.248 e. The maximum absolute atomic E-state index is 11.7. The molecule has 0 aliphatic heterocycles. The molecule has 8 heavy (non-hydrogen) atoms. The van der Waals surface area contributed by atoms with Crippen molar-refractivity contribution in [3.63, 3.8) is 0 Å². The molecule has 0 fully saturated rings. The van der Waals surface area contributed by atoms with Gasteiger partial charge in [0.2, 0.25) is 5.63 Å². The summed E-state index contributed by atoms with van der Waals surface area (Å²) in [5.74, 6) is 0. The Labute approximate surface area is 60.7 Å². The van der Waals surface area contributed by atoms with Crippen LogP contribution in [0.1, 0.15) is 0 Å². The molecule has 0 aromatic rings. The van der Waals surface area contributed by atoms with Crippen molar-refractivity contribution in [2.75, 3.05) is 6.67 Å². The van der Waals surface area contributed by atoms with E-state index in [1.54, 1.807) is 0 Å². The average molecular weight is 183 g/mol. The van der Waals surface area contributed by atoms with Crippen molar-refractivity contribution in [3.8, 4) is 0 Å². The van der Waals surface area contributed by atoms with Gasteiger partial charge in [-0.25, -0.2) is 8.78 Å². The topological polar surface area (TPSA) is 0 Å². The minimum absolute atomic E-state index is 1.19. The van der Waals surface area contributed by atoms with Gasteiger partial charge in [-0.1, -0.05) is 34.8 Å². The SMILES string of the molecule is FCC(Cl)(Cl)C(F)Cl. The van der Waals surface area contributed by atoms with Crippen molar-refractivity contribution in [3.05, 3.63) is 0 Å². The number of hydrogen-bond acceptors (Lipinski definition) is 0. The van der Waals surface area contributed by atoms with Gasteiger partial charge in [-0.2, -0.15) is 0 Å². The van der Waals surface area contributed by atoms with E-state index >= 15 is 0 Å². The Morgan fingerprint density at radius 1 is 1.50 bits per heavy atom. The first-order valence-corrected chi connectivity index (χ1v) is 2.92. The molecule has 5 heteroatoms. The van der Waals surface area contributed by atoms with E-state index in [2.05, 4.69) is 0 Å². The molecule has 0 radical (unpaired) electrons. The van der Waals surface area contributed by atoms with Gasteiger partial charge >= 0.3 is 0 Å². The Morgan fingerprint density at radius 3 is 1.88 bits per heavy atom. The lowest BCUT2D eigenvalue weighted by Crippen LogP contribution is -2.24. The van der Waals surface area contributed by atoms with Crippen LogP contribution < -0.4 is 0 Å². The van der Waals surface area contributed by atoms with E-state index in [0.29, 0.717) is 0 Å². The van der Waals surface area contributed by atoms with Crippen LogP contribution in [0.25, 0.3) is 0 Å².